The van der Waals surface area contributed by atoms with Crippen molar-refractivity contribution in [3.05, 3.63) is 39.5 Å². The average molecular weight is 278 g/mol. The molecule has 1 nitrogen and oxygen atoms in total. The van der Waals surface area contributed by atoms with E-state index in [-0.39, 0.29) is 0 Å². The Morgan fingerprint density at radius 2 is 1.94 bits per heavy atom. The van der Waals surface area contributed by atoms with Gasteiger partial charge < -0.3 is 0 Å². The number of fused-ring (bicyclic) bond motifs is 1. The summed E-state index contributed by atoms with van der Waals surface area (Å²) < 4.78 is 1.13. The van der Waals surface area contributed by atoms with Crippen LogP contribution in [0, 0.1) is 6.92 Å². The number of rotatable bonds is 2. The van der Waals surface area contributed by atoms with Crippen molar-refractivity contribution in [3.8, 4) is 0 Å². The summed E-state index contributed by atoms with van der Waals surface area (Å²) in [7, 11) is 0. The van der Waals surface area contributed by atoms with Crippen molar-refractivity contribution in [2.75, 3.05) is 0 Å². The summed E-state index contributed by atoms with van der Waals surface area (Å²) in [6, 6.07) is 6.33. The number of aromatic nitrogens is 1. The Balaban J connectivity index is 2.84. The van der Waals surface area contributed by atoms with E-state index < -0.39 is 0 Å². The van der Waals surface area contributed by atoms with Gasteiger partial charge in [-0.25, -0.2) is 0 Å². The second-order valence-corrected chi connectivity index (χ2v) is 4.95. The molecule has 0 radical (unpaired) electrons. The number of benzene rings is 1. The summed E-state index contributed by atoms with van der Waals surface area (Å²) in [6.07, 6.45) is 2.07. The highest BCUT2D eigenvalue weighted by atomic mass is 79.9. The molecule has 0 amide bonds. The van der Waals surface area contributed by atoms with E-state index in [9.17, 15) is 0 Å². The Bertz CT molecular complexity index is 532. The summed E-state index contributed by atoms with van der Waals surface area (Å²) in [6.45, 7) is 6.56. The van der Waals surface area contributed by atoms with Crippen LogP contribution >= 0.6 is 15.9 Å². The monoisotopic (exact) mass is 277 g/mol. The summed E-state index contributed by atoms with van der Waals surface area (Å²) in [5, 5.41) is 1.28. The number of hydrogen-bond donors (Lipinski definition) is 0. The molecule has 0 fully saturated rings. The van der Waals surface area contributed by atoms with Gasteiger partial charge in [-0.15, -0.1) is 0 Å². The van der Waals surface area contributed by atoms with Gasteiger partial charge in [-0.05, 0) is 49.1 Å². The Morgan fingerprint density at radius 3 is 2.56 bits per heavy atom. The first-order valence-electron chi connectivity index (χ1n) is 5.75. The smallest absolute Gasteiger partial charge is 0.0709 e. The molecule has 2 aromatic rings. The predicted octanol–water partition coefficient (Wildman–Crippen LogP) is 4.43. The van der Waals surface area contributed by atoms with Crippen LogP contribution in [-0.2, 0) is 12.8 Å². The molecular weight excluding hydrogens is 262 g/mol. The highest BCUT2D eigenvalue weighted by Gasteiger charge is 2.09. The van der Waals surface area contributed by atoms with Crippen LogP contribution < -0.4 is 0 Å². The molecular formula is C14H16BrN. The molecule has 0 saturated heterocycles. The van der Waals surface area contributed by atoms with Gasteiger partial charge >= 0.3 is 0 Å². The van der Waals surface area contributed by atoms with Gasteiger partial charge in [0.1, 0.15) is 0 Å². The van der Waals surface area contributed by atoms with Crippen molar-refractivity contribution in [3.63, 3.8) is 0 Å². The van der Waals surface area contributed by atoms with Crippen molar-refractivity contribution in [1.29, 1.82) is 0 Å². The lowest BCUT2D eigenvalue weighted by Gasteiger charge is -2.12. The number of nitrogens with zero attached hydrogens (tertiary/aromatic N) is 1. The van der Waals surface area contributed by atoms with Crippen molar-refractivity contribution in [2.24, 2.45) is 0 Å². The zero-order valence-corrected chi connectivity index (χ0v) is 11.6. The zero-order chi connectivity index (χ0) is 11.7. The van der Waals surface area contributed by atoms with Gasteiger partial charge in [0, 0.05) is 15.6 Å². The Hall–Kier alpha value is -0.890. The SMILES string of the molecule is CCc1nc2ccc(Br)cc2c(CC)c1C. The van der Waals surface area contributed by atoms with Crippen molar-refractivity contribution < 1.29 is 0 Å². The molecule has 0 atom stereocenters. The van der Waals surface area contributed by atoms with E-state index in [4.69, 9.17) is 4.98 Å². The van der Waals surface area contributed by atoms with E-state index in [1.807, 2.05) is 0 Å². The van der Waals surface area contributed by atoms with Crippen LogP contribution in [0.3, 0.4) is 0 Å². The normalized spacial score (nSPS) is 11.0. The fraction of sp³-hybridized carbons (Fsp3) is 0.357. The Morgan fingerprint density at radius 1 is 1.19 bits per heavy atom. The second-order valence-electron chi connectivity index (χ2n) is 4.03. The lowest BCUT2D eigenvalue weighted by atomic mass is 9.98. The van der Waals surface area contributed by atoms with E-state index in [0.29, 0.717) is 0 Å². The number of aryl methyl sites for hydroxylation is 2. The summed E-state index contributed by atoms with van der Waals surface area (Å²) in [5.74, 6) is 0. The minimum atomic E-state index is 1.00. The van der Waals surface area contributed by atoms with Crippen LogP contribution in [0.1, 0.15) is 30.7 Å². The minimum absolute atomic E-state index is 1.00. The van der Waals surface area contributed by atoms with E-state index in [1.54, 1.807) is 0 Å². The van der Waals surface area contributed by atoms with Crippen LogP contribution in [0.2, 0.25) is 0 Å². The first-order valence-corrected chi connectivity index (χ1v) is 6.54. The lowest BCUT2D eigenvalue weighted by Crippen LogP contribution is -1.99. The predicted molar refractivity (Wildman–Crippen MR) is 72.9 cm³/mol. The van der Waals surface area contributed by atoms with Crippen molar-refractivity contribution in [1.82, 2.24) is 4.98 Å². The molecule has 16 heavy (non-hydrogen) atoms. The first-order chi connectivity index (χ1) is 7.67. The summed E-state index contributed by atoms with van der Waals surface area (Å²) >= 11 is 3.53. The van der Waals surface area contributed by atoms with Crippen molar-refractivity contribution in [2.45, 2.75) is 33.6 Å². The average Bonchev–Trinajstić information content (AvgIpc) is 2.28. The Kier molecular flexibility index (Phi) is 3.29. The molecule has 0 N–H and O–H groups in total. The molecule has 0 bridgehead atoms. The molecule has 0 saturated carbocycles. The molecule has 1 heterocycles. The quantitative estimate of drug-likeness (QED) is 0.791. The van der Waals surface area contributed by atoms with Gasteiger partial charge in [0.25, 0.3) is 0 Å². The van der Waals surface area contributed by atoms with Gasteiger partial charge in [-0.3, -0.25) is 4.98 Å². The fourth-order valence-corrected chi connectivity index (χ4v) is 2.61. The third kappa shape index (κ3) is 1.86. The molecule has 1 aromatic carbocycles. The van der Waals surface area contributed by atoms with E-state index in [2.05, 4.69) is 54.9 Å². The largest absolute Gasteiger partial charge is 0.253 e. The van der Waals surface area contributed by atoms with Crippen LogP contribution in [0.25, 0.3) is 10.9 Å². The molecule has 2 heteroatoms. The van der Waals surface area contributed by atoms with Gasteiger partial charge in [0.15, 0.2) is 0 Å². The van der Waals surface area contributed by atoms with Crippen LogP contribution in [-0.4, -0.2) is 4.98 Å². The maximum absolute atomic E-state index is 4.72. The number of halogens is 1. The molecule has 1 aromatic heterocycles. The Labute approximate surface area is 105 Å². The fourth-order valence-electron chi connectivity index (χ4n) is 2.25. The highest BCUT2D eigenvalue weighted by molar-refractivity contribution is 9.10. The van der Waals surface area contributed by atoms with Gasteiger partial charge in [0.2, 0.25) is 0 Å². The van der Waals surface area contributed by atoms with E-state index >= 15 is 0 Å². The highest BCUT2D eigenvalue weighted by Crippen LogP contribution is 2.26. The van der Waals surface area contributed by atoms with E-state index in [0.717, 1.165) is 22.8 Å². The molecule has 0 spiro atoms. The number of pyridine rings is 1. The topological polar surface area (TPSA) is 12.9 Å². The third-order valence-electron chi connectivity index (χ3n) is 3.11. The van der Waals surface area contributed by atoms with Crippen molar-refractivity contribution >= 4 is 26.8 Å². The zero-order valence-electron chi connectivity index (χ0n) is 9.97. The molecule has 0 unspecified atom stereocenters. The third-order valence-corrected chi connectivity index (χ3v) is 3.61. The maximum Gasteiger partial charge on any atom is 0.0709 e. The molecule has 84 valence electrons. The van der Waals surface area contributed by atoms with Crippen LogP contribution in [0.5, 0.6) is 0 Å². The molecule has 0 aliphatic rings. The molecule has 2 rings (SSSR count). The lowest BCUT2D eigenvalue weighted by molar-refractivity contribution is 0.997. The van der Waals surface area contributed by atoms with Gasteiger partial charge in [0.05, 0.1) is 5.52 Å². The second kappa shape index (κ2) is 4.54. The summed E-state index contributed by atoms with van der Waals surface area (Å²) in [4.78, 5) is 4.72. The molecule has 0 aliphatic heterocycles. The van der Waals surface area contributed by atoms with Gasteiger partial charge in [-0.2, -0.15) is 0 Å². The minimum Gasteiger partial charge on any atom is -0.253 e. The molecule has 0 aliphatic carbocycles. The maximum atomic E-state index is 4.72. The van der Waals surface area contributed by atoms with Crippen LogP contribution in [0.4, 0.5) is 0 Å². The van der Waals surface area contributed by atoms with Crippen LogP contribution in [0.15, 0.2) is 22.7 Å². The summed E-state index contributed by atoms with van der Waals surface area (Å²) in [5.41, 5.74) is 5.13. The number of hydrogen-bond acceptors (Lipinski definition) is 1. The van der Waals surface area contributed by atoms with E-state index in [1.165, 1.54) is 22.2 Å². The van der Waals surface area contributed by atoms with Gasteiger partial charge in [-0.1, -0.05) is 29.8 Å². The first kappa shape index (κ1) is 11.6. The standard InChI is InChI=1S/C14H16BrN/c1-4-11-9(3)13(5-2)16-14-7-6-10(15)8-12(11)14/h6-8H,4-5H2,1-3H3.